The van der Waals surface area contributed by atoms with Crippen LogP contribution in [0.3, 0.4) is 0 Å². The van der Waals surface area contributed by atoms with Crippen molar-refractivity contribution < 1.29 is 23.5 Å². The molecular weight excluding hydrogens is 389 g/mol. The zero-order valence-corrected chi connectivity index (χ0v) is 16.3. The molecule has 0 aromatic heterocycles. The van der Waals surface area contributed by atoms with Gasteiger partial charge in [-0.1, -0.05) is 11.6 Å². The Bertz CT molecular complexity index is 774. The van der Waals surface area contributed by atoms with Crippen molar-refractivity contribution >= 4 is 23.5 Å². The summed E-state index contributed by atoms with van der Waals surface area (Å²) in [6.45, 7) is 4.28. The van der Waals surface area contributed by atoms with Gasteiger partial charge < -0.3 is 24.6 Å². The molecule has 3 amide bonds. The van der Waals surface area contributed by atoms with Crippen LogP contribution in [0.25, 0.3) is 0 Å². The molecule has 0 bridgehead atoms. The van der Waals surface area contributed by atoms with Gasteiger partial charge in [0.05, 0.1) is 17.2 Å². The van der Waals surface area contributed by atoms with E-state index in [0.717, 1.165) is 6.42 Å². The molecule has 9 heteroatoms. The third kappa shape index (κ3) is 3.89. The quantitative estimate of drug-likeness (QED) is 0.824. The molecular formula is C19H23ClFN3O4. The lowest BCUT2D eigenvalue weighted by Crippen LogP contribution is -2.64. The zero-order valence-electron chi connectivity index (χ0n) is 15.6. The van der Waals surface area contributed by atoms with E-state index in [-0.39, 0.29) is 47.7 Å². The van der Waals surface area contributed by atoms with Gasteiger partial charge in [-0.15, -0.1) is 0 Å². The molecule has 1 unspecified atom stereocenters. The molecule has 152 valence electrons. The number of likely N-dealkylation sites (tertiary alicyclic amines) is 2. The Morgan fingerprint density at radius 1 is 1.36 bits per heavy atom. The topological polar surface area (TPSA) is 71.1 Å². The minimum absolute atomic E-state index is 0.0141. The highest BCUT2D eigenvalue weighted by Gasteiger charge is 2.41. The van der Waals surface area contributed by atoms with E-state index in [1.54, 1.807) is 9.80 Å². The lowest BCUT2D eigenvalue weighted by atomic mass is 9.94. The summed E-state index contributed by atoms with van der Waals surface area (Å²) in [7, 11) is 0. The molecule has 0 spiro atoms. The molecule has 3 aliphatic heterocycles. The number of nitrogens with one attached hydrogen (secondary N) is 1. The van der Waals surface area contributed by atoms with E-state index in [0.29, 0.717) is 31.9 Å². The van der Waals surface area contributed by atoms with E-state index >= 15 is 0 Å². The molecule has 3 heterocycles. The highest BCUT2D eigenvalue weighted by molar-refractivity contribution is 6.32. The number of morpholine rings is 1. The second kappa shape index (κ2) is 7.75. The first-order valence-corrected chi connectivity index (χ1v) is 9.85. The number of hydrogen-bond donors (Lipinski definition) is 1. The van der Waals surface area contributed by atoms with Gasteiger partial charge in [-0.05, 0) is 31.5 Å². The standard InChI is InChI=1S/C19H23ClFN3O4/c1-11(28-16-3-2-13(21)6-14(16)20)12-7-24(8-12)19(26)23-5-4-17-15(9-23)22-18(25)10-27-17/h2-3,6,11-12,15,17H,4-5,7-10H2,1H3,(H,22,25)/t11?,15-,17+/m1/s1. The molecule has 7 nitrogen and oxygen atoms in total. The van der Waals surface area contributed by atoms with Gasteiger partial charge in [0, 0.05) is 32.1 Å². The molecule has 0 radical (unpaired) electrons. The van der Waals surface area contributed by atoms with E-state index < -0.39 is 5.82 Å². The number of nitrogens with zero attached hydrogens (tertiary/aromatic N) is 2. The first kappa shape index (κ1) is 19.3. The fraction of sp³-hybridized carbons (Fsp3) is 0.579. The van der Waals surface area contributed by atoms with E-state index in [2.05, 4.69) is 5.32 Å². The summed E-state index contributed by atoms with van der Waals surface area (Å²) in [5.74, 6) is 0.0783. The molecule has 4 rings (SSSR count). The summed E-state index contributed by atoms with van der Waals surface area (Å²) in [4.78, 5) is 27.8. The van der Waals surface area contributed by atoms with Gasteiger partial charge in [-0.3, -0.25) is 4.79 Å². The fourth-order valence-electron chi connectivity index (χ4n) is 3.91. The van der Waals surface area contributed by atoms with Crippen LogP contribution in [0.4, 0.5) is 9.18 Å². The Balaban J connectivity index is 1.27. The van der Waals surface area contributed by atoms with Gasteiger partial charge in [0.15, 0.2) is 0 Å². The van der Waals surface area contributed by atoms with Crippen molar-refractivity contribution in [3.63, 3.8) is 0 Å². The van der Waals surface area contributed by atoms with E-state index in [1.807, 2.05) is 6.92 Å². The van der Waals surface area contributed by atoms with Crippen molar-refractivity contribution in [2.24, 2.45) is 5.92 Å². The van der Waals surface area contributed by atoms with Crippen LogP contribution in [0.5, 0.6) is 5.75 Å². The molecule has 0 aliphatic carbocycles. The lowest BCUT2D eigenvalue weighted by Gasteiger charge is -2.47. The monoisotopic (exact) mass is 411 g/mol. The van der Waals surface area contributed by atoms with Crippen molar-refractivity contribution in [3.8, 4) is 5.75 Å². The van der Waals surface area contributed by atoms with Crippen LogP contribution >= 0.6 is 11.6 Å². The molecule has 28 heavy (non-hydrogen) atoms. The number of hydrogen-bond acceptors (Lipinski definition) is 4. The molecule has 1 aromatic carbocycles. The number of piperidine rings is 1. The molecule has 3 fully saturated rings. The van der Waals surface area contributed by atoms with Crippen LogP contribution in [0, 0.1) is 11.7 Å². The maximum atomic E-state index is 13.1. The highest BCUT2D eigenvalue weighted by Crippen LogP contribution is 2.30. The van der Waals surface area contributed by atoms with Crippen molar-refractivity contribution in [2.45, 2.75) is 31.6 Å². The zero-order chi connectivity index (χ0) is 19.8. The highest BCUT2D eigenvalue weighted by atomic mass is 35.5. The average Bonchev–Trinajstić information content (AvgIpc) is 2.62. The van der Waals surface area contributed by atoms with Gasteiger partial charge in [0.25, 0.3) is 0 Å². The number of benzene rings is 1. The van der Waals surface area contributed by atoms with E-state index in [4.69, 9.17) is 21.1 Å². The number of carbonyl (C=O) groups is 2. The molecule has 1 aromatic rings. The van der Waals surface area contributed by atoms with Gasteiger partial charge in [0.2, 0.25) is 5.91 Å². The van der Waals surface area contributed by atoms with Gasteiger partial charge in [0.1, 0.15) is 24.3 Å². The van der Waals surface area contributed by atoms with Crippen LogP contribution < -0.4 is 10.1 Å². The molecule has 1 N–H and O–H groups in total. The first-order chi connectivity index (χ1) is 13.4. The van der Waals surface area contributed by atoms with Crippen molar-refractivity contribution in [2.75, 3.05) is 32.8 Å². The summed E-state index contributed by atoms with van der Waals surface area (Å²) < 4.78 is 24.5. The molecule has 0 saturated carbocycles. The average molecular weight is 412 g/mol. The summed E-state index contributed by atoms with van der Waals surface area (Å²) >= 11 is 6.01. The van der Waals surface area contributed by atoms with Crippen LogP contribution in [-0.4, -0.2) is 72.8 Å². The minimum Gasteiger partial charge on any atom is -0.489 e. The van der Waals surface area contributed by atoms with Gasteiger partial charge in [-0.2, -0.15) is 0 Å². The second-order valence-electron chi connectivity index (χ2n) is 7.60. The predicted octanol–water partition coefficient (Wildman–Crippen LogP) is 1.89. The second-order valence-corrected chi connectivity index (χ2v) is 8.01. The predicted molar refractivity (Wildman–Crippen MR) is 99.8 cm³/mol. The molecule has 3 atom stereocenters. The van der Waals surface area contributed by atoms with Crippen LogP contribution in [-0.2, 0) is 9.53 Å². The third-order valence-corrected chi connectivity index (χ3v) is 5.94. The van der Waals surface area contributed by atoms with E-state index in [1.165, 1.54) is 18.2 Å². The van der Waals surface area contributed by atoms with Crippen LogP contribution in [0.1, 0.15) is 13.3 Å². The number of halogens is 2. The number of fused-ring (bicyclic) bond motifs is 1. The number of ether oxygens (including phenoxy) is 2. The Hall–Kier alpha value is -2.06. The maximum Gasteiger partial charge on any atom is 0.320 e. The minimum atomic E-state index is -0.409. The number of urea groups is 1. The maximum absolute atomic E-state index is 13.1. The van der Waals surface area contributed by atoms with Crippen LogP contribution in [0.2, 0.25) is 5.02 Å². The van der Waals surface area contributed by atoms with Crippen molar-refractivity contribution in [1.29, 1.82) is 0 Å². The van der Waals surface area contributed by atoms with Crippen molar-refractivity contribution in [1.82, 2.24) is 15.1 Å². The lowest BCUT2D eigenvalue weighted by molar-refractivity contribution is -0.139. The number of amides is 3. The summed E-state index contributed by atoms with van der Waals surface area (Å²) in [6, 6.07) is 3.88. The van der Waals surface area contributed by atoms with Crippen LogP contribution in [0.15, 0.2) is 18.2 Å². The molecule has 3 aliphatic rings. The smallest absolute Gasteiger partial charge is 0.320 e. The number of rotatable bonds is 3. The summed E-state index contributed by atoms with van der Waals surface area (Å²) in [6.07, 6.45) is 0.555. The Morgan fingerprint density at radius 3 is 2.89 bits per heavy atom. The first-order valence-electron chi connectivity index (χ1n) is 9.47. The van der Waals surface area contributed by atoms with Gasteiger partial charge in [-0.25, -0.2) is 9.18 Å². The Kier molecular flexibility index (Phi) is 5.33. The molecule has 3 saturated heterocycles. The fourth-order valence-corrected chi connectivity index (χ4v) is 4.12. The Labute approximate surface area is 167 Å². The van der Waals surface area contributed by atoms with E-state index in [9.17, 15) is 14.0 Å². The third-order valence-electron chi connectivity index (χ3n) is 5.65. The van der Waals surface area contributed by atoms with Crippen molar-refractivity contribution in [3.05, 3.63) is 29.0 Å². The SMILES string of the molecule is CC(Oc1ccc(F)cc1Cl)C1CN(C(=O)N2CC[C@@H]3OCC(=O)N[C@@H]3C2)C1. The van der Waals surface area contributed by atoms with Gasteiger partial charge >= 0.3 is 6.03 Å². The largest absolute Gasteiger partial charge is 0.489 e. The summed E-state index contributed by atoms with van der Waals surface area (Å²) in [5.41, 5.74) is 0. The number of carbonyl (C=O) groups excluding carboxylic acids is 2. The summed E-state index contributed by atoms with van der Waals surface area (Å²) in [5, 5.41) is 3.14. The Morgan fingerprint density at radius 2 is 2.14 bits per heavy atom. The normalized spacial score (nSPS) is 26.2.